The molecule has 0 aliphatic rings. The van der Waals surface area contributed by atoms with Gasteiger partial charge in [0.1, 0.15) is 5.69 Å². The molecule has 0 radical (unpaired) electrons. The normalized spacial score (nSPS) is 10.6. The van der Waals surface area contributed by atoms with Crippen LogP contribution in [-0.4, -0.2) is 6.54 Å². The number of azo groups is 1. The summed E-state index contributed by atoms with van der Waals surface area (Å²) in [5.41, 5.74) is 7.02. The second kappa shape index (κ2) is 3.71. The van der Waals surface area contributed by atoms with Gasteiger partial charge in [0.15, 0.2) is 0 Å². The van der Waals surface area contributed by atoms with Crippen LogP contribution in [0.4, 0.5) is 11.4 Å². The number of rotatable bonds is 2. The number of hydrogen-bond donors (Lipinski definition) is 1. The summed E-state index contributed by atoms with van der Waals surface area (Å²) in [5.74, 6) is 0. The van der Waals surface area contributed by atoms with Gasteiger partial charge in [-0.2, -0.15) is 10.2 Å². The molecule has 0 heterocycles. The fourth-order valence-electron chi connectivity index (χ4n) is 0.725. The van der Waals surface area contributed by atoms with Gasteiger partial charge < -0.3 is 5.73 Å². The van der Waals surface area contributed by atoms with Crippen molar-refractivity contribution >= 4 is 11.4 Å². The molecule has 1 aromatic carbocycles. The average Bonchev–Trinajstić information content (AvgIpc) is 2.03. The molecule has 2 N–H and O–H groups in total. The smallest absolute Gasteiger partial charge is 0.108 e. The van der Waals surface area contributed by atoms with Crippen molar-refractivity contribution < 1.29 is 0 Å². The van der Waals surface area contributed by atoms with Crippen molar-refractivity contribution in [3.05, 3.63) is 24.3 Å². The summed E-state index contributed by atoms with van der Waals surface area (Å²) < 4.78 is 0. The molecule has 0 fully saturated rings. The Bertz CT molecular complexity index is 255. The fraction of sp³-hybridized carbons (Fsp3) is 0.250. The number of nitrogens with zero attached hydrogens (tertiary/aromatic N) is 2. The lowest BCUT2D eigenvalue weighted by molar-refractivity contribution is 1.01. The van der Waals surface area contributed by atoms with E-state index in [1.165, 1.54) is 0 Å². The molecule has 11 heavy (non-hydrogen) atoms. The summed E-state index contributed by atoms with van der Waals surface area (Å²) in [4.78, 5) is 0. The molecule has 0 atom stereocenters. The number of nitrogens with two attached hydrogens (primary N) is 1. The van der Waals surface area contributed by atoms with Crippen LogP contribution in [0, 0.1) is 0 Å². The third-order valence-corrected chi connectivity index (χ3v) is 1.26. The lowest BCUT2D eigenvalue weighted by Crippen LogP contribution is -1.82. The maximum Gasteiger partial charge on any atom is 0.108 e. The summed E-state index contributed by atoms with van der Waals surface area (Å²) in [6, 6.07) is 7.42. The van der Waals surface area contributed by atoms with E-state index in [2.05, 4.69) is 10.2 Å². The standard InChI is InChI=1S/C8H11N3/c1-2-10-11-8-6-4-3-5-7(8)9/h3-6H,2,9H2,1H3. The average molecular weight is 149 g/mol. The van der Waals surface area contributed by atoms with Gasteiger partial charge in [-0.05, 0) is 19.1 Å². The monoisotopic (exact) mass is 149 g/mol. The second-order valence-corrected chi connectivity index (χ2v) is 2.12. The summed E-state index contributed by atoms with van der Waals surface area (Å²) >= 11 is 0. The number of nitrogen functional groups attached to an aromatic ring is 1. The SMILES string of the molecule is CCN=Nc1ccccc1N. The molecule has 3 nitrogen and oxygen atoms in total. The van der Waals surface area contributed by atoms with Gasteiger partial charge in [0.25, 0.3) is 0 Å². The predicted molar refractivity (Wildman–Crippen MR) is 45.9 cm³/mol. The van der Waals surface area contributed by atoms with E-state index in [0.717, 1.165) is 5.69 Å². The van der Waals surface area contributed by atoms with Gasteiger partial charge in [-0.1, -0.05) is 12.1 Å². The van der Waals surface area contributed by atoms with Crippen LogP contribution in [0.1, 0.15) is 6.92 Å². The van der Waals surface area contributed by atoms with Crippen molar-refractivity contribution in [1.82, 2.24) is 0 Å². The second-order valence-electron chi connectivity index (χ2n) is 2.12. The minimum Gasteiger partial charge on any atom is -0.397 e. The number of hydrogen-bond acceptors (Lipinski definition) is 3. The van der Waals surface area contributed by atoms with Crippen LogP contribution in [0.2, 0.25) is 0 Å². The highest BCUT2D eigenvalue weighted by Crippen LogP contribution is 2.20. The molecular formula is C8H11N3. The Balaban J connectivity index is 2.86. The van der Waals surface area contributed by atoms with Crippen LogP contribution >= 0.6 is 0 Å². The molecule has 58 valence electrons. The van der Waals surface area contributed by atoms with E-state index in [1.807, 2.05) is 31.2 Å². The van der Waals surface area contributed by atoms with Crippen LogP contribution in [0.15, 0.2) is 34.5 Å². The van der Waals surface area contributed by atoms with Crippen LogP contribution in [-0.2, 0) is 0 Å². The van der Waals surface area contributed by atoms with Gasteiger partial charge in [-0.15, -0.1) is 0 Å². The first-order chi connectivity index (χ1) is 5.34. The third kappa shape index (κ3) is 2.04. The largest absolute Gasteiger partial charge is 0.397 e. The molecule has 0 unspecified atom stereocenters. The first kappa shape index (κ1) is 7.72. The highest BCUT2D eigenvalue weighted by atomic mass is 15.1. The maximum absolute atomic E-state index is 5.61. The van der Waals surface area contributed by atoms with E-state index in [1.54, 1.807) is 0 Å². The fourth-order valence-corrected chi connectivity index (χ4v) is 0.725. The van der Waals surface area contributed by atoms with Crippen molar-refractivity contribution in [2.75, 3.05) is 12.3 Å². The van der Waals surface area contributed by atoms with Crippen LogP contribution < -0.4 is 5.73 Å². The molecule has 1 rings (SSSR count). The molecule has 0 spiro atoms. The van der Waals surface area contributed by atoms with Crippen molar-refractivity contribution in [2.45, 2.75) is 6.92 Å². The highest BCUT2D eigenvalue weighted by molar-refractivity contribution is 5.61. The van der Waals surface area contributed by atoms with Gasteiger partial charge in [-0.25, -0.2) is 0 Å². The minimum atomic E-state index is 0.671. The van der Waals surface area contributed by atoms with Crippen molar-refractivity contribution in [3.63, 3.8) is 0 Å². The van der Waals surface area contributed by atoms with Crippen molar-refractivity contribution in [1.29, 1.82) is 0 Å². The Morgan fingerprint density at radius 2 is 2.09 bits per heavy atom. The van der Waals surface area contributed by atoms with Crippen molar-refractivity contribution in [3.8, 4) is 0 Å². The molecule has 3 heteroatoms. The molecule has 0 saturated heterocycles. The van der Waals surface area contributed by atoms with E-state index < -0.39 is 0 Å². The van der Waals surface area contributed by atoms with Gasteiger partial charge >= 0.3 is 0 Å². The van der Waals surface area contributed by atoms with Gasteiger partial charge in [-0.3, -0.25) is 0 Å². The quantitative estimate of drug-likeness (QED) is 0.509. The van der Waals surface area contributed by atoms with E-state index in [9.17, 15) is 0 Å². The highest BCUT2D eigenvalue weighted by Gasteiger charge is 1.91. The van der Waals surface area contributed by atoms with Crippen LogP contribution in [0.3, 0.4) is 0 Å². The zero-order valence-electron chi connectivity index (χ0n) is 6.49. The summed E-state index contributed by atoms with van der Waals surface area (Å²) in [7, 11) is 0. The minimum absolute atomic E-state index is 0.671. The van der Waals surface area contributed by atoms with Gasteiger partial charge in [0.2, 0.25) is 0 Å². The van der Waals surface area contributed by atoms with Crippen LogP contribution in [0.5, 0.6) is 0 Å². The van der Waals surface area contributed by atoms with E-state index in [0.29, 0.717) is 12.2 Å². The van der Waals surface area contributed by atoms with Crippen LogP contribution in [0.25, 0.3) is 0 Å². The lowest BCUT2D eigenvalue weighted by atomic mass is 10.3. The Labute approximate surface area is 65.9 Å². The Morgan fingerprint density at radius 1 is 1.36 bits per heavy atom. The predicted octanol–water partition coefficient (Wildman–Crippen LogP) is 2.37. The molecule has 0 amide bonds. The van der Waals surface area contributed by atoms with E-state index >= 15 is 0 Å². The van der Waals surface area contributed by atoms with E-state index in [4.69, 9.17) is 5.73 Å². The molecule has 0 aromatic heterocycles. The molecule has 0 bridgehead atoms. The van der Waals surface area contributed by atoms with Gasteiger partial charge in [0, 0.05) is 0 Å². The lowest BCUT2D eigenvalue weighted by Gasteiger charge is -1.95. The maximum atomic E-state index is 5.61. The van der Waals surface area contributed by atoms with E-state index in [-0.39, 0.29) is 0 Å². The first-order valence-corrected chi connectivity index (χ1v) is 3.56. The zero-order chi connectivity index (χ0) is 8.10. The molecule has 0 aliphatic carbocycles. The number of anilines is 1. The van der Waals surface area contributed by atoms with Crippen molar-refractivity contribution in [2.24, 2.45) is 10.2 Å². The Morgan fingerprint density at radius 3 is 2.73 bits per heavy atom. The summed E-state index contributed by atoms with van der Waals surface area (Å²) in [5, 5.41) is 7.77. The summed E-state index contributed by atoms with van der Waals surface area (Å²) in [6.07, 6.45) is 0. The Kier molecular flexibility index (Phi) is 2.60. The van der Waals surface area contributed by atoms with Gasteiger partial charge in [0.05, 0.1) is 12.2 Å². The molecular weight excluding hydrogens is 138 g/mol. The summed E-state index contributed by atoms with van der Waals surface area (Å²) in [6.45, 7) is 2.62. The number of benzene rings is 1. The Hall–Kier alpha value is -1.38. The number of para-hydroxylation sites is 1. The first-order valence-electron chi connectivity index (χ1n) is 3.56. The third-order valence-electron chi connectivity index (χ3n) is 1.26. The molecule has 0 aliphatic heterocycles. The zero-order valence-corrected chi connectivity index (χ0v) is 6.49. The topological polar surface area (TPSA) is 50.7 Å². The molecule has 0 saturated carbocycles. The molecule has 1 aromatic rings.